The predicted octanol–water partition coefficient (Wildman–Crippen LogP) is 3.56. The molecule has 1 heterocycles. The minimum absolute atomic E-state index is 0.232. The van der Waals surface area contributed by atoms with Crippen molar-refractivity contribution in [1.82, 2.24) is 4.98 Å². The molecule has 0 aliphatic carbocycles. The van der Waals surface area contributed by atoms with Gasteiger partial charge in [0.05, 0.1) is 10.7 Å². The number of rotatable bonds is 4. The molecule has 1 aromatic carbocycles. The van der Waals surface area contributed by atoms with E-state index in [4.69, 9.17) is 4.74 Å². The molecule has 0 unspecified atom stereocenters. The maximum Gasteiger partial charge on any atom is 0.350 e. The smallest absolute Gasteiger partial charge is 0.350 e. The predicted molar refractivity (Wildman–Crippen MR) is 80.3 cm³/mol. The Bertz CT molecular complexity index is 649. The Balaban J connectivity index is 1.98. The number of carbonyl (C=O) groups excluding carboxylic acids is 2. The zero-order valence-electron chi connectivity index (χ0n) is 11.0. The topological polar surface area (TPSA) is 56.3 Å². The van der Waals surface area contributed by atoms with Crippen LogP contribution in [-0.2, 0) is 4.74 Å². The van der Waals surface area contributed by atoms with E-state index in [0.29, 0.717) is 16.1 Å². The highest BCUT2D eigenvalue weighted by molar-refractivity contribution is 9.10. The van der Waals surface area contributed by atoms with E-state index >= 15 is 0 Å². The molecular formula is C14H12BrNO3S. The lowest BCUT2D eigenvalue weighted by Crippen LogP contribution is -2.14. The van der Waals surface area contributed by atoms with E-state index in [1.807, 2.05) is 6.92 Å². The summed E-state index contributed by atoms with van der Waals surface area (Å²) in [6.45, 7) is 3.30. The molecule has 0 radical (unpaired) electrons. The standard InChI is InChI=1S/C14H12BrNO3S/c1-8-13(20-9(2)16-8)14(18)19-7-12(17)10-3-5-11(15)6-4-10/h3-6H,7H2,1-2H3. The number of Topliss-reactive ketones (excluding diaryl/α,β-unsaturated/α-hetero) is 1. The fourth-order valence-electron chi connectivity index (χ4n) is 1.64. The summed E-state index contributed by atoms with van der Waals surface area (Å²) in [6, 6.07) is 6.90. The average Bonchev–Trinajstić information content (AvgIpc) is 2.75. The Labute approximate surface area is 128 Å². The van der Waals surface area contributed by atoms with E-state index < -0.39 is 5.97 Å². The van der Waals surface area contributed by atoms with Gasteiger partial charge in [-0.05, 0) is 26.0 Å². The number of hydrogen-bond acceptors (Lipinski definition) is 5. The molecule has 2 rings (SSSR count). The molecule has 20 heavy (non-hydrogen) atoms. The molecule has 0 fully saturated rings. The van der Waals surface area contributed by atoms with Crippen molar-refractivity contribution in [1.29, 1.82) is 0 Å². The summed E-state index contributed by atoms with van der Waals surface area (Å²) in [6.07, 6.45) is 0. The fourth-order valence-corrected chi connectivity index (χ4v) is 2.71. The van der Waals surface area contributed by atoms with Crippen molar-refractivity contribution in [2.45, 2.75) is 13.8 Å². The van der Waals surface area contributed by atoms with Crippen LogP contribution in [0.5, 0.6) is 0 Å². The first-order valence-corrected chi connectivity index (χ1v) is 7.48. The highest BCUT2D eigenvalue weighted by Crippen LogP contribution is 2.18. The van der Waals surface area contributed by atoms with Crippen LogP contribution in [0, 0.1) is 13.8 Å². The Morgan fingerprint density at radius 1 is 1.25 bits per heavy atom. The van der Waals surface area contributed by atoms with Gasteiger partial charge in [0.2, 0.25) is 0 Å². The van der Waals surface area contributed by atoms with Crippen molar-refractivity contribution in [3.8, 4) is 0 Å². The maximum absolute atomic E-state index is 11.9. The van der Waals surface area contributed by atoms with Gasteiger partial charge in [0.25, 0.3) is 0 Å². The molecule has 0 spiro atoms. The number of thiazole rings is 1. The third-order valence-corrected chi connectivity index (χ3v) is 4.17. The molecule has 1 aromatic heterocycles. The maximum atomic E-state index is 11.9. The Hall–Kier alpha value is -1.53. The Morgan fingerprint density at radius 3 is 2.45 bits per heavy atom. The second kappa shape index (κ2) is 6.28. The number of aryl methyl sites for hydroxylation is 2. The molecule has 104 valence electrons. The number of benzene rings is 1. The first-order chi connectivity index (χ1) is 9.47. The summed E-state index contributed by atoms with van der Waals surface area (Å²) < 4.78 is 5.93. The van der Waals surface area contributed by atoms with Crippen LogP contribution in [0.15, 0.2) is 28.7 Å². The van der Waals surface area contributed by atoms with Crippen molar-refractivity contribution >= 4 is 39.0 Å². The molecule has 2 aromatic rings. The van der Waals surface area contributed by atoms with E-state index in [2.05, 4.69) is 20.9 Å². The van der Waals surface area contributed by atoms with Gasteiger partial charge < -0.3 is 4.74 Å². The number of esters is 1. The normalized spacial score (nSPS) is 10.3. The second-order valence-electron chi connectivity index (χ2n) is 4.15. The molecule has 4 nitrogen and oxygen atoms in total. The molecule has 0 amide bonds. The summed E-state index contributed by atoms with van der Waals surface area (Å²) in [5, 5.41) is 0.800. The van der Waals surface area contributed by atoms with Gasteiger partial charge in [0, 0.05) is 10.0 Å². The number of halogens is 1. The number of ketones is 1. The summed E-state index contributed by atoms with van der Waals surface area (Å²) in [7, 11) is 0. The van der Waals surface area contributed by atoms with Gasteiger partial charge in [0.15, 0.2) is 12.4 Å². The third-order valence-electron chi connectivity index (χ3n) is 2.59. The summed E-state index contributed by atoms with van der Waals surface area (Å²) in [5.74, 6) is -0.733. The van der Waals surface area contributed by atoms with Crippen LogP contribution in [-0.4, -0.2) is 23.3 Å². The minimum atomic E-state index is -0.501. The molecule has 0 aliphatic rings. The van der Waals surface area contributed by atoms with Crippen LogP contribution in [0.2, 0.25) is 0 Å². The minimum Gasteiger partial charge on any atom is -0.453 e. The zero-order chi connectivity index (χ0) is 14.7. The molecule has 0 saturated heterocycles. The number of ether oxygens (including phenoxy) is 1. The lowest BCUT2D eigenvalue weighted by atomic mass is 10.1. The van der Waals surface area contributed by atoms with Gasteiger partial charge in [0.1, 0.15) is 4.88 Å². The zero-order valence-corrected chi connectivity index (χ0v) is 13.4. The highest BCUT2D eigenvalue weighted by Gasteiger charge is 2.17. The van der Waals surface area contributed by atoms with Gasteiger partial charge in [-0.15, -0.1) is 11.3 Å². The lowest BCUT2D eigenvalue weighted by Gasteiger charge is -2.03. The van der Waals surface area contributed by atoms with Crippen molar-refractivity contribution in [3.63, 3.8) is 0 Å². The number of aromatic nitrogens is 1. The van der Waals surface area contributed by atoms with Gasteiger partial charge in [-0.1, -0.05) is 28.1 Å². The van der Waals surface area contributed by atoms with Crippen LogP contribution in [0.1, 0.15) is 30.7 Å². The van der Waals surface area contributed by atoms with Gasteiger partial charge in [-0.25, -0.2) is 9.78 Å². The number of hydrogen-bond donors (Lipinski definition) is 0. The summed E-state index contributed by atoms with van der Waals surface area (Å²) in [4.78, 5) is 28.3. The van der Waals surface area contributed by atoms with Gasteiger partial charge >= 0.3 is 5.97 Å². The Kier molecular flexibility index (Phi) is 4.67. The first kappa shape index (κ1) is 14.9. The van der Waals surface area contributed by atoms with Crippen molar-refractivity contribution in [3.05, 3.63) is 49.9 Å². The monoisotopic (exact) mass is 353 g/mol. The van der Waals surface area contributed by atoms with Crippen molar-refractivity contribution in [2.24, 2.45) is 0 Å². The fraction of sp³-hybridized carbons (Fsp3) is 0.214. The van der Waals surface area contributed by atoms with E-state index in [9.17, 15) is 9.59 Å². The van der Waals surface area contributed by atoms with E-state index in [-0.39, 0.29) is 12.4 Å². The van der Waals surface area contributed by atoms with E-state index in [1.165, 1.54) is 11.3 Å². The lowest BCUT2D eigenvalue weighted by molar-refractivity contribution is 0.0478. The van der Waals surface area contributed by atoms with Crippen LogP contribution < -0.4 is 0 Å². The van der Waals surface area contributed by atoms with Crippen LogP contribution >= 0.6 is 27.3 Å². The van der Waals surface area contributed by atoms with Gasteiger partial charge in [-0.3, -0.25) is 4.79 Å². The number of carbonyl (C=O) groups is 2. The highest BCUT2D eigenvalue weighted by atomic mass is 79.9. The Morgan fingerprint density at radius 2 is 1.90 bits per heavy atom. The number of nitrogens with zero attached hydrogens (tertiary/aromatic N) is 1. The molecule has 0 aliphatic heterocycles. The van der Waals surface area contributed by atoms with E-state index in [1.54, 1.807) is 31.2 Å². The van der Waals surface area contributed by atoms with Crippen molar-refractivity contribution < 1.29 is 14.3 Å². The SMILES string of the molecule is Cc1nc(C)c(C(=O)OCC(=O)c2ccc(Br)cc2)s1. The molecule has 6 heteroatoms. The molecular weight excluding hydrogens is 342 g/mol. The molecule has 0 atom stereocenters. The van der Waals surface area contributed by atoms with Crippen LogP contribution in [0.3, 0.4) is 0 Å². The van der Waals surface area contributed by atoms with Crippen LogP contribution in [0.25, 0.3) is 0 Å². The summed E-state index contributed by atoms with van der Waals surface area (Å²) >= 11 is 4.56. The molecule has 0 saturated carbocycles. The van der Waals surface area contributed by atoms with Crippen molar-refractivity contribution in [2.75, 3.05) is 6.61 Å². The quantitative estimate of drug-likeness (QED) is 0.622. The molecule has 0 bridgehead atoms. The van der Waals surface area contributed by atoms with Gasteiger partial charge in [-0.2, -0.15) is 0 Å². The van der Waals surface area contributed by atoms with Crippen LogP contribution in [0.4, 0.5) is 0 Å². The second-order valence-corrected chi connectivity index (χ2v) is 6.27. The van der Waals surface area contributed by atoms with E-state index in [0.717, 1.165) is 9.48 Å². The largest absolute Gasteiger partial charge is 0.453 e. The first-order valence-electron chi connectivity index (χ1n) is 5.87. The molecule has 0 N–H and O–H groups in total. The summed E-state index contributed by atoms with van der Waals surface area (Å²) in [5.41, 5.74) is 1.15. The average molecular weight is 354 g/mol. The third kappa shape index (κ3) is 3.52.